The Morgan fingerprint density at radius 1 is 0.882 bits per heavy atom. The second-order valence-corrected chi connectivity index (χ2v) is 9.20. The zero-order valence-corrected chi connectivity index (χ0v) is 21.1. The first-order valence-corrected chi connectivity index (χ1v) is 12.2. The molecule has 3 aromatic carbocycles. The van der Waals surface area contributed by atoms with Crippen molar-refractivity contribution in [1.29, 1.82) is 0 Å². The van der Waals surface area contributed by atoms with Crippen molar-refractivity contribution in [1.82, 2.24) is 10.2 Å². The minimum atomic E-state index is -0.709. The number of benzene rings is 3. The van der Waals surface area contributed by atoms with Crippen molar-refractivity contribution < 1.29 is 9.59 Å². The van der Waals surface area contributed by atoms with Crippen molar-refractivity contribution in [3.8, 4) is 0 Å². The summed E-state index contributed by atoms with van der Waals surface area (Å²) in [6.07, 6.45) is 1.37. The molecule has 1 atom stereocenters. The van der Waals surface area contributed by atoms with E-state index >= 15 is 0 Å². The Kier molecular flexibility index (Phi) is 9.55. The van der Waals surface area contributed by atoms with Crippen LogP contribution in [-0.2, 0) is 29.0 Å². The fourth-order valence-corrected chi connectivity index (χ4v) is 4.27. The molecule has 0 radical (unpaired) electrons. The maximum atomic E-state index is 13.7. The first-order valence-electron chi connectivity index (χ1n) is 11.5. The minimum Gasteiger partial charge on any atom is -0.354 e. The summed E-state index contributed by atoms with van der Waals surface area (Å²) in [7, 11) is 0. The number of aryl methyl sites for hydroxylation is 1. The van der Waals surface area contributed by atoms with E-state index in [1.807, 2.05) is 68.4 Å². The summed E-state index contributed by atoms with van der Waals surface area (Å²) in [5.74, 6) is -0.349. The third-order valence-corrected chi connectivity index (χ3v) is 6.39. The molecule has 6 heteroatoms. The molecule has 4 nitrogen and oxygen atoms in total. The van der Waals surface area contributed by atoms with Crippen molar-refractivity contribution in [2.45, 2.75) is 45.7 Å². The largest absolute Gasteiger partial charge is 0.354 e. The van der Waals surface area contributed by atoms with Crippen molar-refractivity contribution in [3.63, 3.8) is 0 Å². The highest BCUT2D eigenvalue weighted by Gasteiger charge is 2.31. The lowest BCUT2D eigenvalue weighted by Crippen LogP contribution is -2.51. The number of halogens is 2. The van der Waals surface area contributed by atoms with Crippen molar-refractivity contribution >= 4 is 35.0 Å². The zero-order chi connectivity index (χ0) is 24.5. The van der Waals surface area contributed by atoms with Crippen molar-refractivity contribution in [2.24, 2.45) is 0 Å². The van der Waals surface area contributed by atoms with Gasteiger partial charge in [-0.2, -0.15) is 0 Å². The Morgan fingerprint density at radius 2 is 1.53 bits per heavy atom. The van der Waals surface area contributed by atoms with Gasteiger partial charge in [-0.25, -0.2) is 0 Å². The number of rotatable bonds is 10. The summed E-state index contributed by atoms with van der Waals surface area (Å²) >= 11 is 12.9. The van der Waals surface area contributed by atoms with E-state index in [0.717, 1.165) is 23.1 Å². The molecule has 0 aliphatic heterocycles. The van der Waals surface area contributed by atoms with Gasteiger partial charge in [0.1, 0.15) is 6.04 Å². The molecule has 34 heavy (non-hydrogen) atoms. The normalized spacial score (nSPS) is 11.6. The quantitative estimate of drug-likeness (QED) is 0.373. The van der Waals surface area contributed by atoms with E-state index in [-0.39, 0.29) is 24.8 Å². The van der Waals surface area contributed by atoms with Gasteiger partial charge in [0.15, 0.2) is 0 Å². The molecule has 0 saturated heterocycles. The van der Waals surface area contributed by atoms with Crippen LogP contribution >= 0.6 is 23.2 Å². The van der Waals surface area contributed by atoms with Gasteiger partial charge < -0.3 is 10.2 Å². The van der Waals surface area contributed by atoms with Gasteiger partial charge in [0.05, 0.1) is 6.42 Å². The molecule has 0 fully saturated rings. The zero-order valence-electron chi connectivity index (χ0n) is 19.6. The topological polar surface area (TPSA) is 49.4 Å². The number of hydrogen-bond donors (Lipinski definition) is 1. The number of hydrogen-bond acceptors (Lipinski definition) is 2. The molecule has 178 valence electrons. The Labute approximate surface area is 211 Å². The van der Waals surface area contributed by atoms with E-state index in [2.05, 4.69) is 5.32 Å². The summed E-state index contributed by atoms with van der Waals surface area (Å²) in [5.41, 5.74) is 3.61. The average Bonchev–Trinajstić information content (AvgIpc) is 2.83. The van der Waals surface area contributed by atoms with Gasteiger partial charge in [-0.3, -0.25) is 9.59 Å². The smallest absolute Gasteiger partial charge is 0.243 e. The second-order valence-electron chi connectivity index (χ2n) is 8.38. The highest BCUT2D eigenvalue weighted by Crippen LogP contribution is 2.27. The number of nitrogens with zero attached hydrogens (tertiary/aromatic N) is 1. The van der Waals surface area contributed by atoms with Crippen LogP contribution in [0.5, 0.6) is 0 Å². The van der Waals surface area contributed by atoms with E-state index in [4.69, 9.17) is 23.2 Å². The van der Waals surface area contributed by atoms with Crippen LogP contribution in [0.2, 0.25) is 10.0 Å². The van der Waals surface area contributed by atoms with E-state index in [1.54, 1.807) is 23.1 Å². The number of carbonyl (C=O) groups is 2. The molecule has 2 amide bonds. The van der Waals surface area contributed by atoms with Crippen LogP contribution in [0.3, 0.4) is 0 Å². The first kappa shape index (κ1) is 25.8. The third-order valence-electron chi connectivity index (χ3n) is 5.69. The number of nitrogens with one attached hydrogen (secondary N) is 1. The maximum absolute atomic E-state index is 13.7. The predicted octanol–water partition coefficient (Wildman–Crippen LogP) is 6.01. The fourth-order valence-electron chi connectivity index (χ4n) is 3.76. The van der Waals surface area contributed by atoms with Crippen molar-refractivity contribution in [2.75, 3.05) is 6.54 Å². The van der Waals surface area contributed by atoms with Crippen LogP contribution in [0.15, 0.2) is 72.8 Å². The van der Waals surface area contributed by atoms with E-state index < -0.39 is 6.04 Å². The molecule has 0 aliphatic carbocycles. The Morgan fingerprint density at radius 3 is 2.15 bits per heavy atom. The van der Waals surface area contributed by atoms with Gasteiger partial charge in [0.25, 0.3) is 0 Å². The first-order chi connectivity index (χ1) is 16.4. The molecule has 0 saturated carbocycles. The molecule has 0 spiro atoms. The molecular weight excluding hydrogens is 467 g/mol. The molecule has 0 aliphatic rings. The monoisotopic (exact) mass is 496 g/mol. The molecule has 1 N–H and O–H groups in total. The highest BCUT2D eigenvalue weighted by molar-refractivity contribution is 6.36. The second kappa shape index (κ2) is 12.6. The van der Waals surface area contributed by atoms with Gasteiger partial charge in [-0.1, -0.05) is 96.4 Å². The summed E-state index contributed by atoms with van der Waals surface area (Å²) < 4.78 is 0. The van der Waals surface area contributed by atoms with Gasteiger partial charge in [-0.15, -0.1) is 0 Å². The molecule has 0 heterocycles. The molecule has 1 unspecified atom stereocenters. The minimum absolute atomic E-state index is 0.139. The predicted molar refractivity (Wildman–Crippen MR) is 139 cm³/mol. The van der Waals surface area contributed by atoms with Crippen LogP contribution in [0.25, 0.3) is 0 Å². The van der Waals surface area contributed by atoms with Crippen LogP contribution in [0, 0.1) is 6.92 Å². The standard InChI is InChI=1S/C28H30Cl2N2O2/c1-3-16-31-28(34)26(17-21-8-5-4-6-9-21)32(19-23-24(29)10-7-11-25(23)30)27(33)18-22-14-12-20(2)13-15-22/h4-15,26H,3,16-19H2,1-2H3,(H,31,34). The van der Waals surface area contributed by atoms with Crippen molar-refractivity contribution in [3.05, 3.63) is 105 Å². The van der Waals surface area contributed by atoms with E-state index in [0.29, 0.717) is 28.6 Å². The Balaban J connectivity index is 1.99. The molecular formula is C28H30Cl2N2O2. The van der Waals surface area contributed by atoms with Gasteiger partial charge in [0.2, 0.25) is 11.8 Å². The lowest BCUT2D eigenvalue weighted by molar-refractivity contribution is -0.140. The number of amides is 2. The molecule has 3 rings (SSSR count). The van der Waals surface area contributed by atoms with Gasteiger partial charge in [-0.05, 0) is 36.6 Å². The molecule has 3 aromatic rings. The average molecular weight is 497 g/mol. The molecule has 0 aromatic heterocycles. The maximum Gasteiger partial charge on any atom is 0.243 e. The SMILES string of the molecule is CCCNC(=O)C(Cc1ccccc1)N(Cc1c(Cl)cccc1Cl)C(=O)Cc1ccc(C)cc1. The lowest BCUT2D eigenvalue weighted by atomic mass is 10.0. The fraction of sp³-hybridized carbons (Fsp3) is 0.286. The molecule has 0 bridgehead atoms. The summed E-state index contributed by atoms with van der Waals surface area (Å²) in [5, 5.41) is 3.91. The van der Waals surface area contributed by atoms with Crippen LogP contribution in [0.1, 0.15) is 35.6 Å². The highest BCUT2D eigenvalue weighted by atomic mass is 35.5. The summed E-state index contributed by atoms with van der Waals surface area (Å²) in [4.78, 5) is 28.6. The Bertz CT molecular complexity index is 1080. The van der Waals surface area contributed by atoms with Gasteiger partial charge >= 0.3 is 0 Å². The Hall–Kier alpha value is -2.82. The summed E-state index contributed by atoms with van der Waals surface area (Å²) in [6.45, 7) is 4.68. The lowest BCUT2D eigenvalue weighted by Gasteiger charge is -2.32. The van der Waals surface area contributed by atoms with Crippen LogP contribution < -0.4 is 5.32 Å². The van der Waals surface area contributed by atoms with Crippen LogP contribution in [0.4, 0.5) is 0 Å². The number of carbonyl (C=O) groups excluding carboxylic acids is 2. The van der Waals surface area contributed by atoms with Gasteiger partial charge in [0, 0.05) is 35.1 Å². The van der Waals surface area contributed by atoms with E-state index in [9.17, 15) is 9.59 Å². The summed E-state index contributed by atoms with van der Waals surface area (Å²) in [6, 6.07) is 22.1. The van der Waals surface area contributed by atoms with Crippen LogP contribution in [-0.4, -0.2) is 29.3 Å². The van der Waals surface area contributed by atoms with E-state index in [1.165, 1.54) is 0 Å². The third kappa shape index (κ3) is 7.09.